The van der Waals surface area contributed by atoms with Gasteiger partial charge in [-0.2, -0.15) is 0 Å². The molecule has 1 aromatic rings. The average Bonchev–Trinajstić information content (AvgIpc) is 2.39. The first kappa shape index (κ1) is 14.9. The van der Waals surface area contributed by atoms with Gasteiger partial charge in [0.2, 0.25) is 0 Å². The SMILES string of the molecule is C[C@@H]1C[NH+]([C@@H](C)C(=O)Nc2ccc(F)cc2)C[C@H](C)O1. The van der Waals surface area contributed by atoms with Crippen molar-refractivity contribution in [3.8, 4) is 0 Å². The Hall–Kier alpha value is -1.46. The molecular formula is C15H22FN2O2+. The molecule has 1 aliphatic rings. The molecule has 0 bridgehead atoms. The lowest BCUT2D eigenvalue weighted by molar-refractivity contribution is -0.928. The second-order valence-corrected chi connectivity index (χ2v) is 5.54. The third-order valence-corrected chi connectivity index (χ3v) is 3.68. The number of anilines is 1. The van der Waals surface area contributed by atoms with Crippen LogP contribution < -0.4 is 10.2 Å². The zero-order valence-corrected chi connectivity index (χ0v) is 12.2. The first-order valence-electron chi connectivity index (χ1n) is 7.02. The maximum Gasteiger partial charge on any atom is 0.282 e. The molecule has 0 aliphatic carbocycles. The van der Waals surface area contributed by atoms with Gasteiger partial charge in [-0.15, -0.1) is 0 Å². The van der Waals surface area contributed by atoms with Gasteiger partial charge in [-0.05, 0) is 45.0 Å². The van der Waals surface area contributed by atoms with Crippen LogP contribution in [0.2, 0.25) is 0 Å². The zero-order valence-electron chi connectivity index (χ0n) is 12.2. The molecule has 1 amide bonds. The summed E-state index contributed by atoms with van der Waals surface area (Å²) in [6.45, 7) is 7.62. The van der Waals surface area contributed by atoms with E-state index in [2.05, 4.69) is 5.32 Å². The van der Waals surface area contributed by atoms with Crippen molar-refractivity contribution in [2.24, 2.45) is 0 Å². The summed E-state index contributed by atoms with van der Waals surface area (Å²) in [4.78, 5) is 13.5. The molecule has 0 radical (unpaired) electrons. The van der Waals surface area contributed by atoms with Crippen molar-refractivity contribution in [2.45, 2.75) is 39.0 Å². The highest BCUT2D eigenvalue weighted by Crippen LogP contribution is 2.08. The fraction of sp³-hybridized carbons (Fsp3) is 0.533. The molecule has 1 saturated heterocycles. The van der Waals surface area contributed by atoms with Crippen molar-refractivity contribution in [3.63, 3.8) is 0 Å². The molecule has 110 valence electrons. The summed E-state index contributed by atoms with van der Waals surface area (Å²) in [5, 5.41) is 2.83. The van der Waals surface area contributed by atoms with E-state index < -0.39 is 0 Å². The number of halogens is 1. The van der Waals surface area contributed by atoms with E-state index in [0.29, 0.717) is 5.69 Å². The average molecular weight is 281 g/mol. The zero-order chi connectivity index (χ0) is 14.7. The Morgan fingerprint density at radius 2 is 1.85 bits per heavy atom. The van der Waals surface area contributed by atoms with E-state index in [1.807, 2.05) is 20.8 Å². The van der Waals surface area contributed by atoms with Crippen molar-refractivity contribution < 1.29 is 18.8 Å². The van der Waals surface area contributed by atoms with Gasteiger partial charge in [-0.25, -0.2) is 4.39 Å². The topological polar surface area (TPSA) is 42.8 Å². The Morgan fingerprint density at radius 3 is 2.40 bits per heavy atom. The summed E-state index contributed by atoms with van der Waals surface area (Å²) in [6.07, 6.45) is 0.324. The first-order chi connectivity index (χ1) is 9.45. The number of rotatable bonds is 3. The number of amides is 1. The monoisotopic (exact) mass is 281 g/mol. The van der Waals surface area contributed by atoms with Gasteiger partial charge in [-0.3, -0.25) is 4.79 Å². The normalized spacial score (nSPS) is 27.9. The highest BCUT2D eigenvalue weighted by Gasteiger charge is 2.32. The molecule has 0 aromatic heterocycles. The Labute approximate surface area is 118 Å². The van der Waals surface area contributed by atoms with Crippen LogP contribution in [-0.4, -0.2) is 37.2 Å². The molecule has 2 N–H and O–H groups in total. The molecule has 4 nitrogen and oxygen atoms in total. The molecular weight excluding hydrogens is 259 g/mol. The maximum absolute atomic E-state index is 12.8. The lowest BCUT2D eigenvalue weighted by Crippen LogP contribution is -3.19. The number of nitrogens with one attached hydrogen (secondary N) is 2. The van der Waals surface area contributed by atoms with E-state index in [1.165, 1.54) is 17.0 Å². The van der Waals surface area contributed by atoms with Crippen molar-refractivity contribution in [3.05, 3.63) is 30.1 Å². The molecule has 0 saturated carbocycles. The third-order valence-electron chi connectivity index (χ3n) is 3.68. The molecule has 5 heteroatoms. The largest absolute Gasteiger partial charge is 0.364 e. The van der Waals surface area contributed by atoms with Crippen molar-refractivity contribution in [1.29, 1.82) is 0 Å². The number of carbonyl (C=O) groups excluding carboxylic acids is 1. The van der Waals surface area contributed by atoms with E-state index in [-0.39, 0.29) is 30.0 Å². The third kappa shape index (κ3) is 3.77. The van der Waals surface area contributed by atoms with E-state index in [9.17, 15) is 9.18 Å². The lowest BCUT2D eigenvalue weighted by atomic mass is 10.1. The van der Waals surface area contributed by atoms with Crippen LogP contribution in [0.4, 0.5) is 10.1 Å². The predicted octanol–water partition coefficient (Wildman–Crippen LogP) is 0.845. The fourth-order valence-electron chi connectivity index (χ4n) is 2.64. The highest BCUT2D eigenvalue weighted by atomic mass is 19.1. The predicted molar refractivity (Wildman–Crippen MR) is 75.2 cm³/mol. The smallest absolute Gasteiger partial charge is 0.282 e. The van der Waals surface area contributed by atoms with Crippen LogP contribution in [0.15, 0.2) is 24.3 Å². The van der Waals surface area contributed by atoms with Gasteiger partial charge < -0.3 is 15.0 Å². The van der Waals surface area contributed by atoms with Gasteiger partial charge in [0.25, 0.3) is 5.91 Å². The first-order valence-corrected chi connectivity index (χ1v) is 7.02. The van der Waals surface area contributed by atoms with Gasteiger partial charge in [0.1, 0.15) is 31.1 Å². The number of quaternary nitrogens is 1. The molecule has 1 fully saturated rings. The van der Waals surface area contributed by atoms with Gasteiger partial charge in [0.05, 0.1) is 0 Å². The molecule has 1 aliphatic heterocycles. The number of benzene rings is 1. The van der Waals surface area contributed by atoms with Crippen molar-refractivity contribution >= 4 is 11.6 Å². The van der Waals surface area contributed by atoms with Crippen LogP contribution in [-0.2, 0) is 9.53 Å². The molecule has 20 heavy (non-hydrogen) atoms. The van der Waals surface area contributed by atoms with Crippen LogP contribution in [0, 0.1) is 5.82 Å². The van der Waals surface area contributed by atoms with E-state index in [4.69, 9.17) is 4.74 Å². The Kier molecular flexibility index (Phi) is 4.73. The van der Waals surface area contributed by atoms with Crippen LogP contribution in [0.1, 0.15) is 20.8 Å². The number of morpholine rings is 1. The van der Waals surface area contributed by atoms with Gasteiger partial charge in [-0.1, -0.05) is 0 Å². The van der Waals surface area contributed by atoms with Crippen LogP contribution in [0.25, 0.3) is 0 Å². The Bertz CT molecular complexity index is 453. The minimum Gasteiger partial charge on any atom is -0.364 e. The van der Waals surface area contributed by atoms with Gasteiger partial charge in [0.15, 0.2) is 6.04 Å². The van der Waals surface area contributed by atoms with Crippen LogP contribution in [0.5, 0.6) is 0 Å². The summed E-state index contributed by atoms with van der Waals surface area (Å²) in [5.74, 6) is -0.356. The van der Waals surface area contributed by atoms with Gasteiger partial charge in [0, 0.05) is 5.69 Å². The minimum absolute atomic E-state index is 0.0482. The van der Waals surface area contributed by atoms with Crippen molar-refractivity contribution in [2.75, 3.05) is 18.4 Å². The summed E-state index contributed by atoms with van der Waals surface area (Å²) >= 11 is 0. The molecule has 1 heterocycles. The molecule has 1 aromatic carbocycles. The number of ether oxygens (including phenoxy) is 1. The number of hydrogen-bond acceptors (Lipinski definition) is 2. The summed E-state index contributed by atoms with van der Waals surface area (Å²) in [5.41, 5.74) is 0.622. The molecule has 1 unspecified atom stereocenters. The Balaban J connectivity index is 1.96. The number of hydrogen-bond donors (Lipinski definition) is 2. The van der Waals surface area contributed by atoms with Crippen LogP contribution in [0.3, 0.4) is 0 Å². The van der Waals surface area contributed by atoms with E-state index >= 15 is 0 Å². The summed E-state index contributed by atoms with van der Waals surface area (Å²) in [6, 6.07) is 5.66. The highest BCUT2D eigenvalue weighted by molar-refractivity contribution is 5.93. The standard InChI is InChI=1S/C15H21FN2O2/c1-10-8-18(9-11(2)20-10)12(3)15(19)17-14-6-4-13(16)5-7-14/h4-7,10-12H,8-9H2,1-3H3,(H,17,19)/p+1/t10-,11+,12-/m0/s1. The van der Waals surface area contributed by atoms with Crippen LogP contribution >= 0.6 is 0 Å². The Morgan fingerprint density at radius 1 is 1.30 bits per heavy atom. The summed E-state index contributed by atoms with van der Waals surface area (Å²) in [7, 11) is 0. The molecule has 2 rings (SSSR count). The maximum atomic E-state index is 12.8. The fourth-order valence-corrected chi connectivity index (χ4v) is 2.64. The molecule has 0 spiro atoms. The second-order valence-electron chi connectivity index (χ2n) is 5.54. The van der Waals surface area contributed by atoms with Gasteiger partial charge >= 0.3 is 0 Å². The lowest BCUT2D eigenvalue weighted by Gasteiger charge is -2.35. The quantitative estimate of drug-likeness (QED) is 0.862. The van der Waals surface area contributed by atoms with Crippen molar-refractivity contribution in [1.82, 2.24) is 0 Å². The van der Waals surface area contributed by atoms with E-state index in [0.717, 1.165) is 13.1 Å². The summed E-state index contributed by atoms with van der Waals surface area (Å²) < 4.78 is 18.5. The number of carbonyl (C=O) groups is 1. The molecule has 4 atom stereocenters. The van der Waals surface area contributed by atoms with E-state index in [1.54, 1.807) is 12.1 Å². The minimum atomic E-state index is -0.308. The second kappa shape index (κ2) is 6.33.